The predicted octanol–water partition coefficient (Wildman–Crippen LogP) is 0.445. The van der Waals surface area contributed by atoms with Crippen LogP contribution >= 0.6 is 0 Å². The van der Waals surface area contributed by atoms with E-state index in [1.165, 1.54) is 0 Å². The molecule has 3 fully saturated rings. The van der Waals surface area contributed by atoms with E-state index < -0.39 is 15.7 Å². The molecule has 3 aliphatic rings. The average molecular weight is 206 g/mol. The van der Waals surface area contributed by atoms with Gasteiger partial charge in [-0.3, -0.25) is 0 Å². The molecule has 0 aliphatic carbocycles. The number of fused-ring (bicyclic) bond motifs is 3. The predicted molar refractivity (Wildman–Crippen MR) is 36.3 cm³/mol. The molecule has 0 aromatic heterocycles. The zero-order chi connectivity index (χ0) is 7.03. The fourth-order valence-corrected chi connectivity index (χ4v) is 3.97. The third-order valence-electron chi connectivity index (χ3n) is 2.18. The summed E-state index contributed by atoms with van der Waals surface area (Å²) in [4.78, 5) is 0. The van der Waals surface area contributed by atoms with Gasteiger partial charge in [0, 0.05) is 0 Å². The molecule has 3 rings (SSSR count). The van der Waals surface area contributed by atoms with Gasteiger partial charge in [0.1, 0.15) is 0 Å². The quantitative estimate of drug-likeness (QED) is 0.583. The average Bonchev–Trinajstić information content (AvgIpc) is 2.08. The fourth-order valence-electron chi connectivity index (χ4n) is 1.11. The van der Waals surface area contributed by atoms with E-state index in [9.17, 15) is 0 Å². The van der Waals surface area contributed by atoms with Gasteiger partial charge >= 0.3 is 65.4 Å². The van der Waals surface area contributed by atoms with Crippen LogP contribution in [0.2, 0.25) is 0 Å². The number of hydrogen-bond acceptors (Lipinski definition) is 3. The van der Waals surface area contributed by atoms with E-state index in [-0.39, 0.29) is 5.41 Å². The van der Waals surface area contributed by atoms with Gasteiger partial charge in [-0.2, -0.15) is 0 Å². The standard InChI is InChI=1S/C6H11AsO3/c1-2-6-3-8-7(9-4-6)10-5-6/h2-5H2,1H3. The molecule has 3 saturated heterocycles. The van der Waals surface area contributed by atoms with Gasteiger partial charge in [-0.05, 0) is 0 Å². The Morgan fingerprint density at radius 2 is 1.70 bits per heavy atom. The van der Waals surface area contributed by atoms with Crippen molar-refractivity contribution in [1.29, 1.82) is 0 Å². The van der Waals surface area contributed by atoms with Gasteiger partial charge in [0.15, 0.2) is 0 Å². The molecular weight excluding hydrogens is 195 g/mol. The zero-order valence-electron chi connectivity index (χ0n) is 6.00. The molecule has 0 saturated carbocycles. The van der Waals surface area contributed by atoms with Crippen molar-refractivity contribution < 1.29 is 11.2 Å². The fraction of sp³-hybridized carbons (Fsp3) is 1.00. The first-order valence-electron chi connectivity index (χ1n) is 3.54. The van der Waals surface area contributed by atoms with Crippen LogP contribution in [-0.4, -0.2) is 35.5 Å². The molecule has 0 spiro atoms. The van der Waals surface area contributed by atoms with Crippen molar-refractivity contribution in [1.82, 2.24) is 0 Å². The van der Waals surface area contributed by atoms with E-state index in [1.54, 1.807) is 0 Å². The second-order valence-electron chi connectivity index (χ2n) is 2.90. The van der Waals surface area contributed by atoms with Crippen molar-refractivity contribution in [3.63, 3.8) is 0 Å². The van der Waals surface area contributed by atoms with E-state index in [1.807, 2.05) is 0 Å². The summed E-state index contributed by atoms with van der Waals surface area (Å²) in [5, 5.41) is 0. The molecule has 0 aromatic rings. The normalized spacial score (nSPS) is 45.9. The summed E-state index contributed by atoms with van der Waals surface area (Å²) in [5.41, 5.74) is 0.198. The molecule has 0 unspecified atom stereocenters. The van der Waals surface area contributed by atoms with Crippen molar-refractivity contribution in [2.45, 2.75) is 13.3 Å². The summed E-state index contributed by atoms with van der Waals surface area (Å²) >= 11 is -1.66. The van der Waals surface area contributed by atoms with E-state index in [4.69, 9.17) is 11.2 Å². The molecular formula is C6H11AsO3. The molecule has 0 atom stereocenters. The van der Waals surface area contributed by atoms with Gasteiger partial charge in [0.25, 0.3) is 0 Å². The Morgan fingerprint density at radius 1 is 1.20 bits per heavy atom. The molecule has 3 heterocycles. The SMILES string of the molecule is CCC12CO[As](OC1)OC2. The summed E-state index contributed by atoms with van der Waals surface area (Å²) in [6, 6.07) is 0. The second kappa shape index (κ2) is 2.49. The molecule has 10 heavy (non-hydrogen) atoms. The Balaban J connectivity index is 2.08. The van der Waals surface area contributed by atoms with Crippen LogP contribution in [0.1, 0.15) is 13.3 Å². The van der Waals surface area contributed by atoms with Crippen LogP contribution in [0.3, 0.4) is 0 Å². The van der Waals surface area contributed by atoms with Crippen LogP contribution in [0.5, 0.6) is 0 Å². The van der Waals surface area contributed by atoms with Crippen molar-refractivity contribution in [2.75, 3.05) is 19.8 Å². The maximum absolute atomic E-state index is 5.37. The Kier molecular flexibility index (Phi) is 1.77. The first-order valence-corrected chi connectivity index (χ1v) is 5.83. The molecule has 2 bridgehead atoms. The van der Waals surface area contributed by atoms with Crippen molar-refractivity contribution in [3.05, 3.63) is 0 Å². The van der Waals surface area contributed by atoms with Crippen LogP contribution in [0, 0.1) is 5.41 Å². The Bertz CT molecular complexity index is 117. The second-order valence-corrected chi connectivity index (χ2v) is 5.46. The number of rotatable bonds is 1. The molecule has 3 nitrogen and oxygen atoms in total. The van der Waals surface area contributed by atoms with Crippen LogP contribution in [0.25, 0.3) is 0 Å². The van der Waals surface area contributed by atoms with Crippen LogP contribution in [0.4, 0.5) is 0 Å². The first kappa shape index (κ1) is 7.11. The summed E-state index contributed by atoms with van der Waals surface area (Å²) in [5.74, 6) is 0. The summed E-state index contributed by atoms with van der Waals surface area (Å²) in [7, 11) is 0. The summed E-state index contributed by atoms with van der Waals surface area (Å²) < 4.78 is 16.1. The maximum atomic E-state index is 5.37. The Labute approximate surface area is 66.0 Å². The van der Waals surface area contributed by atoms with Gasteiger partial charge in [0.05, 0.1) is 0 Å². The van der Waals surface area contributed by atoms with Gasteiger partial charge in [0.2, 0.25) is 0 Å². The molecule has 0 radical (unpaired) electrons. The molecule has 3 aliphatic heterocycles. The summed E-state index contributed by atoms with van der Waals surface area (Å²) in [6.07, 6.45) is 1.09. The third-order valence-corrected chi connectivity index (χ3v) is 4.32. The van der Waals surface area contributed by atoms with E-state index in [2.05, 4.69) is 6.92 Å². The van der Waals surface area contributed by atoms with Gasteiger partial charge < -0.3 is 0 Å². The Hall–Kier alpha value is 0.438. The van der Waals surface area contributed by atoms with Gasteiger partial charge in [-0.15, -0.1) is 0 Å². The van der Waals surface area contributed by atoms with Gasteiger partial charge in [-0.1, -0.05) is 0 Å². The van der Waals surface area contributed by atoms with Gasteiger partial charge in [-0.25, -0.2) is 0 Å². The third kappa shape index (κ3) is 1.02. The molecule has 0 aromatic carbocycles. The van der Waals surface area contributed by atoms with E-state index >= 15 is 0 Å². The number of hydrogen-bond donors (Lipinski definition) is 0. The molecule has 0 N–H and O–H groups in total. The minimum atomic E-state index is -1.66. The first-order chi connectivity index (χ1) is 4.85. The van der Waals surface area contributed by atoms with E-state index in [0.717, 1.165) is 26.2 Å². The molecule has 0 amide bonds. The zero-order valence-corrected chi connectivity index (χ0v) is 7.88. The molecule has 4 heteroatoms. The van der Waals surface area contributed by atoms with Crippen LogP contribution < -0.4 is 0 Å². The molecule has 58 valence electrons. The minimum absolute atomic E-state index is 0.198. The van der Waals surface area contributed by atoms with Crippen LogP contribution in [-0.2, 0) is 11.2 Å². The van der Waals surface area contributed by atoms with Crippen molar-refractivity contribution in [2.24, 2.45) is 5.41 Å². The summed E-state index contributed by atoms with van der Waals surface area (Å²) in [6.45, 7) is 4.75. The van der Waals surface area contributed by atoms with Crippen molar-refractivity contribution in [3.8, 4) is 0 Å². The monoisotopic (exact) mass is 206 g/mol. The topological polar surface area (TPSA) is 27.7 Å². The van der Waals surface area contributed by atoms with E-state index in [0.29, 0.717) is 0 Å². The van der Waals surface area contributed by atoms with Crippen LogP contribution in [0.15, 0.2) is 0 Å². The van der Waals surface area contributed by atoms with Crippen molar-refractivity contribution >= 4 is 15.7 Å². The Morgan fingerprint density at radius 3 is 2.00 bits per heavy atom.